The molecule has 2 rings (SSSR count). The zero-order chi connectivity index (χ0) is 12.6. The minimum Gasteiger partial charge on any atom is -0.481 e. The summed E-state index contributed by atoms with van der Waals surface area (Å²) in [5.74, 6) is -1.14. The van der Waals surface area contributed by atoms with Gasteiger partial charge in [0.25, 0.3) is 0 Å². The van der Waals surface area contributed by atoms with Gasteiger partial charge in [0.05, 0.1) is 28.8 Å². The lowest BCUT2D eigenvalue weighted by atomic mass is 10.2. The van der Waals surface area contributed by atoms with Crippen LogP contribution in [0.3, 0.4) is 0 Å². The summed E-state index contributed by atoms with van der Waals surface area (Å²) in [5.41, 5.74) is 0.574. The lowest BCUT2D eigenvalue weighted by Crippen LogP contribution is -2.43. The molecule has 6 heteroatoms. The molecule has 1 atom stereocenters. The van der Waals surface area contributed by atoms with Crippen LogP contribution in [0.1, 0.15) is 6.42 Å². The van der Waals surface area contributed by atoms with Gasteiger partial charge in [-0.1, -0.05) is 12.1 Å². The number of hydrogen-bond donors (Lipinski definition) is 1. The number of sulfone groups is 1. The van der Waals surface area contributed by atoms with E-state index in [4.69, 9.17) is 5.11 Å². The number of nitrogens with zero attached hydrogens (tertiary/aromatic N) is 1. The molecule has 0 saturated heterocycles. The third kappa shape index (κ3) is 2.12. The number of benzene rings is 1. The van der Waals surface area contributed by atoms with Gasteiger partial charge in [-0.05, 0) is 12.1 Å². The third-order valence-corrected chi connectivity index (χ3v) is 4.79. The van der Waals surface area contributed by atoms with Gasteiger partial charge in [0, 0.05) is 7.05 Å². The summed E-state index contributed by atoms with van der Waals surface area (Å²) in [6, 6.07) is 6.15. The fourth-order valence-corrected chi connectivity index (χ4v) is 3.90. The molecule has 0 aliphatic carbocycles. The summed E-state index contributed by atoms with van der Waals surface area (Å²) in [7, 11) is -1.65. The first-order valence-electron chi connectivity index (χ1n) is 5.18. The molecule has 0 fully saturated rings. The molecule has 0 amide bonds. The summed E-state index contributed by atoms with van der Waals surface area (Å²) in [6.45, 7) is 0. The van der Waals surface area contributed by atoms with Crippen LogP contribution >= 0.6 is 0 Å². The number of carboxylic acids is 1. The van der Waals surface area contributed by atoms with E-state index in [1.54, 1.807) is 36.2 Å². The SMILES string of the molecule is CN1c2ccccc2S(=O)(=O)CC1CC(=O)O. The quantitative estimate of drug-likeness (QED) is 0.844. The first-order chi connectivity index (χ1) is 7.92. The largest absolute Gasteiger partial charge is 0.481 e. The van der Waals surface area contributed by atoms with Crippen LogP contribution in [0.5, 0.6) is 0 Å². The van der Waals surface area contributed by atoms with Crippen LogP contribution in [0.15, 0.2) is 29.2 Å². The van der Waals surface area contributed by atoms with Crippen molar-refractivity contribution in [3.05, 3.63) is 24.3 Å². The summed E-state index contributed by atoms with van der Waals surface area (Å²) in [4.78, 5) is 12.7. The van der Waals surface area contributed by atoms with Crippen LogP contribution in [-0.2, 0) is 14.6 Å². The van der Waals surface area contributed by atoms with Gasteiger partial charge in [0.2, 0.25) is 0 Å². The van der Waals surface area contributed by atoms with Crippen molar-refractivity contribution < 1.29 is 18.3 Å². The summed E-state index contributed by atoms with van der Waals surface area (Å²) in [6.07, 6.45) is -0.177. The predicted molar refractivity (Wildman–Crippen MR) is 62.9 cm³/mol. The van der Waals surface area contributed by atoms with E-state index in [0.29, 0.717) is 5.69 Å². The lowest BCUT2D eigenvalue weighted by molar-refractivity contribution is -0.137. The van der Waals surface area contributed by atoms with Crippen LogP contribution in [-0.4, -0.2) is 38.3 Å². The first kappa shape index (κ1) is 11.9. The second-order valence-electron chi connectivity index (χ2n) is 4.11. The molecule has 1 aliphatic heterocycles. The van der Waals surface area contributed by atoms with Gasteiger partial charge in [-0.3, -0.25) is 4.79 Å². The van der Waals surface area contributed by atoms with Crippen molar-refractivity contribution in [1.29, 1.82) is 0 Å². The summed E-state index contributed by atoms with van der Waals surface area (Å²) in [5, 5.41) is 8.78. The van der Waals surface area contributed by atoms with Gasteiger partial charge in [-0.2, -0.15) is 0 Å². The van der Waals surface area contributed by atoms with Crippen LogP contribution in [0, 0.1) is 0 Å². The van der Waals surface area contributed by atoms with Crippen LogP contribution in [0.2, 0.25) is 0 Å². The predicted octanol–water partition coefficient (Wildman–Crippen LogP) is 0.753. The Morgan fingerprint density at radius 3 is 2.76 bits per heavy atom. The van der Waals surface area contributed by atoms with Gasteiger partial charge in [0.1, 0.15) is 0 Å². The van der Waals surface area contributed by atoms with Crippen LogP contribution in [0.25, 0.3) is 0 Å². The van der Waals surface area contributed by atoms with E-state index < -0.39 is 21.8 Å². The van der Waals surface area contributed by atoms with Crippen molar-refractivity contribution in [3.63, 3.8) is 0 Å². The van der Waals surface area contributed by atoms with Crippen molar-refractivity contribution in [2.75, 3.05) is 17.7 Å². The maximum Gasteiger partial charge on any atom is 0.305 e. The molecule has 17 heavy (non-hydrogen) atoms. The molecule has 1 heterocycles. The number of aliphatic carboxylic acids is 1. The van der Waals surface area contributed by atoms with Crippen LogP contribution in [0.4, 0.5) is 5.69 Å². The Bertz CT molecular complexity index is 552. The highest BCUT2D eigenvalue weighted by molar-refractivity contribution is 7.91. The molecular formula is C11H13NO4S. The molecule has 0 bridgehead atoms. The zero-order valence-corrected chi connectivity index (χ0v) is 10.1. The van der Waals surface area contributed by atoms with Gasteiger partial charge in [-0.15, -0.1) is 0 Å². The Kier molecular flexibility index (Phi) is 2.82. The van der Waals surface area contributed by atoms with Crippen molar-refractivity contribution in [3.8, 4) is 0 Å². The van der Waals surface area contributed by atoms with E-state index in [1.807, 2.05) is 0 Å². The number of anilines is 1. The molecule has 0 spiro atoms. The number of para-hydroxylation sites is 1. The normalized spacial score (nSPS) is 21.9. The highest BCUT2D eigenvalue weighted by atomic mass is 32.2. The number of carbonyl (C=O) groups is 1. The minimum atomic E-state index is -3.37. The standard InChI is InChI=1S/C11H13NO4S/c1-12-8(6-11(13)14)7-17(15,16)10-5-3-2-4-9(10)12/h2-5,8H,6-7H2,1H3,(H,13,14). The Hall–Kier alpha value is -1.56. The van der Waals surface area contributed by atoms with Gasteiger partial charge >= 0.3 is 5.97 Å². The fraction of sp³-hybridized carbons (Fsp3) is 0.364. The monoisotopic (exact) mass is 255 g/mol. The number of fused-ring (bicyclic) bond motifs is 1. The average Bonchev–Trinajstić information content (AvgIpc) is 2.25. The molecule has 0 aromatic heterocycles. The Labute approximate surface area is 99.6 Å². The topological polar surface area (TPSA) is 74.7 Å². The van der Waals surface area contributed by atoms with Crippen molar-refractivity contribution >= 4 is 21.5 Å². The number of carboxylic acid groups (broad SMARTS) is 1. The molecular weight excluding hydrogens is 242 g/mol. The second-order valence-corrected chi connectivity index (χ2v) is 6.11. The molecule has 0 saturated carbocycles. The Morgan fingerprint density at radius 2 is 2.12 bits per heavy atom. The van der Waals surface area contributed by atoms with Gasteiger partial charge in [0.15, 0.2) is 9.84 Å². The van der Waals surface area contributed by atoms with Crippen LogP contribution < -0.4 is 4.90 Å². The molecule has 0 radical (unpaired) electrons. The number of rotatable bonds is 2. The average molecular weight is 255 g/mol. The van der Waals surface area contributed by atoms with Crippen molar-refractivity contribution in [2.45, 2.75) is 17.4 Å². The molecule has 1 aromatic rings. The fourth-order valence-electron chi connectivity index (χ4n) is 2.06. The highest BCUT2D eigenvalue weighted by Gasteiger charge is 2.34. The van der Waals surface area contributed by atoms with E-state index in [9.17, 15) is 13.2 Å². The molecule has 1 aromatic carbocycles. The smallest absolute Gasteiger partial charge is 0.305 e. The minimum absolute atomic E-state index is 0.146. The molecule has 92 valence electrons. The van der Waals surface area contributed by atoms with Gasteiger partial charge < -0.3 is 10.0 Å². The van der Waals surface area contributed by atoms with E-state index >= 15 is 0 Å². The van der Waals surface area contributed by atoms with Crippen molar-refractivity contribution in [1.82, 2.24) is 0 Å². The second kappa shape index (κ2) is 4.03. The van der Waals surface area contributed by atoms with E-state index in [1.165, 1.54) is 0 Å². The summed E-state index contributed by atoms with van der Waals surface area (Å²) < 4.78 is 24.0. The number of hydrogen-bond acceptors (Lipinski definition) is 4. The maximum absolute atomic E-state index is 12.0. The van der Waals surface area contributed by atoms with E-state index in [0.717, 1.165) is 0 Å². The zero-order valence-electron chi connectivity index (χ0n) is 9.33. The first-order valence-corrected chi connectivity index (χ1v) is 6.83. The third-order valence-electron chi connectivity index (χ3n) is 2.95. The van der Waals surface area contributed by atoms with Crippen molar-refractivity contribution in [2.24, 2.45) is 0 Å². The molecule has 5 nitrogen and oxygen atoms in total. The molecule has 1 N–H and O–H groups in total. The molecule has 1 aliphatic rings. The highest BCUT2D eigenvalue weighted by Crippen LogP contribution is 2.32. The maximum atomic E-state index is 12.0. The van der Waals surface area contributed by atoms with E-state index in [2.05, 4.69) is 0 Å². The Balaban J connectivity index is 2.48. The lowest BCUT2D eigenvalue weighted by Gasteiger charge is -2.34. The summed E-state index contributed by atoms with van der Waals surface area (Å²) >= 11 is 0. The van der Waals surface area contributed by atoms with E-state index in [-0.39, 0.29) is 17.1 Å². The Morgan fingerprint density at radius 1 is 1.47 bits per heavy atom. The van der Waals surface area contributed by atoms with Gasteiger partial charge in [-0.25, -0.2) is 8.42 Å². The molecule has 1 unspecified atom stereocenters.